The number of hydrogen-bond donors (Lipinski definition) is 1. The Morgan fingerprint density at radius 1 is 1.32 bits per heavy atom. The molecule has 0 radical (unpaired) electrons. The highest BCUT2D eigenvalue weighted by Gasteiger charge is 2.11. The van der Waals surface area contributed by atoms with Crippen LogP contribution < -0.4 is 4.74 Å². The van der Waals surface area contributed by atoms with E-state index in [9.17, 15) is 5.11 Å². The van der Waals surface area contributed by atoms with E-state index in [2.05, 4.69) is 4.98 Å². The molecule has 0 bridgehead atoms. The zero-order chi connectivity index (χ0) is 13.8. The lowest BCUT2D eigenvalue weighted by atomic mass is 10.3. The molecule has 1 aromatic carbocycles. The Bertz CT molecular complexity index is 519. The third-order valence-corrected chi connectivity index (χ3v) is 4.09. The summed E-state index contributed by atoms with van der Waals surface area (Å²) in [6.45, 7) is 4.26. The van der Waals surface area contributed by atoms with E-state index < -0.39 is 6.10 Å². The normalized spacial score (nSPS) is 12.4. The van der Waals surface area contributed by atoms with Crippen molar-refractivity contribution < 1.29 is 9.84 Å². The number of benzene rings is 1. The predicted octanol–water partition coefficient (Wildman–Crippen LogP) is 3.40. The van der Waals surface area contributed by atoms with E-state index >= 15 is 0 Å². The number of nitrogens with zero attached hydrogens (tertiary/aromatic N) is 1. The predicted molar refractivity (Wildman–Crippen MR) is 78.2 cm³/mol. The van der Waals surface area contributed by atoms with Crippen LogP contribution in [-0.4, -0.2) is 22.8 Å². The van der Waals surface area contributed by atoms with Gasteiger partial charge in [0, 0.05) is 16.3 Å². The topological polar surface area (TPSA) is 42.4 Å². The minimum Gasteiger partial charge on any atom is -0.491 e. The van der Waals surface area contributed by atoms with Crippen LogP contribution in [0, 0.1) is 13.8 Å². The Hall–Kier alpha value is -1.10. The molecule has 1 aromatic heterocycles. The van der Waals surface area contributed by atoms with Gasteiger partial charge in [0.05, 0.1) is 16.8 Å². The third kappa shape index (κ3) is 4.20. The second kappa shape index (κ2) is 6.37. The molecule has 2 aromatic rings. The van der Waals surface area contributed by atoms with Crippen molar-refractivity contribution in [1.82, 2.24) is 4.98 Å². The number of thiazole rings is 1. The smallest absolute Gasteiger partial charge is 0.119 e. The molecule has 0 spiro atoms. The highest BCUT2D eigenvalue weighted by atomic mass is 35.5. The van der Waals surface area contributed by atoms with Gasteiger partial charge in [0.25, 0.3) is 0 Å². The molecule has 0 saturated heterocycles. The molecule has 1 atom stereocenters. The van der Waals surface area contributed by atoms with E-state index in [0.717, 1.165) is 10.7 Å². The summed E-state index contributed by atoms with van der Waals surface area (Å²) in [5.74, 6) is 0.704. The van der Waals surface area contributed by atoms with Gasteiger partial charge >= 0.3 is 0 Å². The molecule has 2 rings (SSSR count). The molecular weight excluding hydrogens is 282 g/mol. The first-order valence-electron chi connectivity index (χ1n) is 6.04. The molecule has 0 aliphatic heterocycles. The van der Waals surface area contributed by atoms with Gasteiger partial charge < -0.3 is 9.84 Å². The van der Waals surface area contributed by atoms with E-state index in [1.165, 1.54) is 4.88 Å². The van der Waals surface area contributed by atoms with Crippen molar-refractivity contribution >= 4 is 22.9 Å². The lowest BCUT2D eigenvalue weighted by Crippen LogP contribution is -2.20. The van der Waals surface area contributed by atoms with Gasteiger partial charge in [0.15, 0.2) is 0 Å². The fraction of sp³-hybridized carbons (Fsp3) is 0.357. The van der Waals surface area contributed by atoms with Gasteiger partial charge in [-0.2, -0.15) is 0 Å². The summed E-state index contributed by atoms with van der Waals surface area (Å²) in [6, 6.07) is 7.09. The maximum Gasteiger partial charge on any atom is 0.119 e. The van der Waals surface area contributed by atoms with Crippen LogP contribution in [0.1, 0.15) is 15.6 Å². The summed E-state index contributed by atoms with van der Waals surface area (Å²) in [4.78, 5) is 5.60. The van der Waals surface area contributed by atoms with Crippen LogP contribution in [0.25, 0.3) is 0 Å². The molecular formula is C14H16ClNO2S. The van der Waals surface area contributed by atoms with E-state index in [1.54, 1.807) is 35.6 Å². The largest absolute Gasteiger partial charge is 0.491 e. The van der Waals surface area contributed by atoms with Crippen LogP contribution in [0.5, 0.6) is 5.75 Å². The summed E-state index contributed by atoms with van der Waals surface area (Å²) in [5, 5.41) is 11.5. The van der Waals surface area contributed by atoms with Crippen LogP contribution in [-0.2, 0) is 6.42 Å². The zero-order valence-electron chi connectivity index (χ0n) is 10.9. The van der Waals surface area contributed by atoms with E-state index in [4.69, 9.17) is 16.3 Å². The summed E-state index contributed by atoms with van der Waals surface area (Å²) in [7, 11) is 0. The second-order valence-corrected chi connectivity index (χ2v) is 6.10. The highest BCUT2D eigenvalue weighted by molar-refractivity contribution is 7.11. The van der Waals surface area contributed by atoms with Crippen LogP contribution in [0.2, 0.25) is 5.02 Å². The number of aryl methyl sites for hydroxylation is 2. The van der Waals surface area contributed by atoms with Crippen molar-refractivity contribution in [1.29, 1.82) is 0 Å². The average Bonchev–Trinajstić information content (AvgIpc) is 2.67. The average molecular weight is 298 g/mol. The van der Waals surface area contributed by atoms with Gasteiger partial charge in [-0.3, -0.25) is 0 Å². The Labute approximate surface area is 121 Å². The van der Waals surface area contributed by atoms with Gasteiger partial charge in [-0.05, 0) is 38.1 Å². The first-order valence-corrected chi connectivity index (χ1v) is 7.23. The summed E-state index contributed by atoms with van der Waals surface area (Å²) < 4.78 is 5.50. The summed E-state index contributed by atoms with van der Waals surface area (Å²) in [6.07, 6.45) is -0.0342. The molecule has 102 valence electrons. The Morgan fingerprint density at radius 2 is 2.00 bits per heavy atom. The van der Waals surface area contributed by atoms with Crippen molar-refractivity contribution in [2.24, 2.45) is 0 Å². The fourth-order valence-electron chi connectivity index (χ4n) is 1.61. The Kier molecular flexibility index (Phi) is 4.80. The van der Waals surface area contributed by atoms with Crippen molar-refractivity contribution in [3.63, 3.8) is 0 Å². The summed E-state index contributed by atoms with van der Waals surface area (Å²) >= 11 is 7.41. The van der Waals surface area contributed by atoms with Crippen molar-refractivity contribution in [3.05, 3.63) is 44.9 Å². The minimum absolute atomic E-state index is 0.249. The van der Waals surface area contributed by atoms with Gasteiger partial charge in [0.1, 0.15) is 12.4 Å². The second-order valence-electron chi connectivity index (χ2n) is 4.37. The number of aromatic nitrogens is 1. The first-order chi connectivity index (χ1) is 9.04. The van der Waals surface area contributed by atoms with E-state index in [0.29, 0.717) is 17.2 Å². The number of ether oxygens (including phenoxy) is 1. The standard InChI is InChI=1S/C14H16ClNO2S/c1-9-10(2)19-14(16-9)7-12(17)8-18-13-5-3-11(15)4-6-13/h3-6,12,17H,7-8H2,1-2H3. The molecule has 1 heterocycles. The molecule has 1 unspecified atom stereocenters. The molecule has 0 amide bonds. The van der Waals surface area contributed by atoms with Crippen LogP contribution in [0.3, 0.4) is 0 Å². The minimum atomic E-state index is -0.555. The molecule has 3 nitrogen and oxygen atoms in total. The Balaban J connectivity index is 1.84. The maximum absolute atomic E-state index is 9.93. The Morgan fingerprint density at radius 3 is 2.58 bits per heavy atom. The van der Waals surface area contributed by atoms with E-state index in [1.807, 2.05) is 13.8 Å². The van der Waals surface area contributed by atoms with Crippen molar-refractivity contribution in [3.8, 4) is 5.75 Å². The summed E-state index contributed by atoms with van der Waals surface area (Å²) in [5.41, 5.74) is 1.03. The number of aliphatic hydroxyl groups excluding tert-OH is 1. The van der Waals surface area contributed by atoms with E-state index in [-0.39, 0.29) is 6.61 Å². The molecule has 0 saturated carbocycles. The lowest BCUT2D eigenvalue weighted by molar-refractivity contribution is 0.107. The third-order valence-electron chi connectivity index (χ3n) is 2.74. The maximum atomic E-state index is 9.93. The van der Waals surface area contributed by atoms with Crippen molar-refractivity contribution in [2.45, 2.75) is 26.4 Å². The highest BCUT2D eigenvalue weighted by Crippen LogP contribution is 2.19. The van der Waals surface area contributed by atoms with Crippen molar-refractivity contribution in [2.75, 3.05) is 6.61 Å². The van der Waals surface area contributed by atoms with Crippen LogP contribution in [0.15, 0.2) is 24.3 Å². The molecule has 19 heavy (non-hydrogen) atoms. The molecule has 0 aliphatic rings. The van der Waals surface area contributed by atoms with Gasteiger partial charge in [0.2, 0.25) is 0 Å². The molecule has 1 N–H and O–H groups in total. The number of hydrogen-bond acceptors (Lipinski definition) is 4. The fourth-order valence-corrected chi connectivity index (χ4v) is 2.74. The zero-order valence-corrected chi connectivity index (χ0v) is 12.5. The first kappa shape index (κ1) is 14.3. The van der Waals surface area contributed by atoms with Crippen LogP contribution >= 0.6 is 22.9 Å². The quantitative estimate of drug-likeness (QED) is 0.920. The number of aliphatic hydroxyl groups is 1. The van der Waals surface area contributed by atoms with Crippen LogP contribution in [0.4, 0.5) is 0 Å². The molecule has 5 heteroatoms. The van der Waals surface area contributed by atoms with Gasteiger partial charge in [-0.15, -0.1) is 11.3 Å². The van der Waals surface area contributed by atoms with Gasteiger partial charge in [-0.25, -0.2) is 4.98 Å². The number of rotatable bonds is 5. The molecule has 0 aliphatic carbocycles. The molecule has 0 fully saturated rings. The number of halogens is 1. The van der Waals surface area contributed by atoms with Gasteiger partial charge in [-0.1, -0.05) is 11.6 Å². The monoisotopic (exact) mass is 297 g/mol. The SMILES string of the molecule is Cc1nc(CC(O)COc2ccc(Cl)cc2)sc1C. The lowest BCUT2D eigenvalue weighted by Gasteiger charge is -2.11.